The van der Waals surface area contributed by atoms with E-state index in [-0.39, 0.29) is 0 Å². The van der Waals surface area contributed by atoms with E-state index in [0.29, 0.717) is 6.61 Å². The third-order valence-corrected chi connectivity index (χ3v) is 1.93. The zero-order chi connectivity index (χ0) is 10.9. The predicted molar refractivity (Wildman–Crippen MR) is 64.3 cm³/mol. The Balaban J connectivity index is 2.49. The van der Waals surface area contributed by atoms with Crippen LogP contribution in [0.1, 0.15) is 12.5 Å². The molecule has 0 aliphatic heterocycles. The molecule has 1 rings (SSSR count). The van der Waals surface area contributed by atoms with Crippen LogP contribution in [0.15, 0.2) is 67.0 Å². The highest BCUT2D eigenvalue weighted by molar-refractivity contribution is 5.17. The first-order valence-corrected chi connectivity index (χ1v) is 4.99. The monoisotopic (exact) mass is 200 g/mol. The maximum Gasteiger partial charge on any atom is 0.115 e. The Hall–Kier alpha value is -1.76. The highest BCUT2D eigenvalue weighted by Crippen LogP contribution is 2.06. The van der Waals surface area contributed by atoms with Gasteiger partial charge in [0.15, 0.2) is 0 Å². The van der Waals surface area contributed by atoms with Gasteiger partial charge < -0.3 is 4.74 Å². The maximum atomic E-state index is 5.61. The standard InChI is InChI=1S/C14H16O/c1-3-5-11-14(4-2)15-12-13-9-7-6-8-10-13/h3-11H,1,12H2,2H3/b11-5-,14-4-. The highest BCUT2D eigenvalue weighted by Gasteiger charge is 1.93. The molecule has 78 valence electrons. The van der Waals surface area contributed by atoms with Gasteiger partial charge in [-0.1, -0.05) is 49.1 Å². The second-order valence-corrected chi connectivity index (χ2v) is 3.06. The number of hydrogen-bond acceptors (Lipinski definition) is 1. The van der Waals surface area contributed by atoms with E-state index in [2.05, 4.69) is 6.58 Å². The molecule has 0 amide bonds. The first-order chi connectivity index (χ1) is 7.36. The van der Waals surface area contributed by atoms with Gasteiger partial charge in [0.1, 0.15) is 12.4 Å². The molecule has 0 spiro atoms. The molecular weight excluding hydrogens is 184 g/mol. The number of allylic oxidation sites excluding steroid dienone is 4. The molecule has 15 heavy (non-hydrogen) atoms. The van der Waals surface area contributed by atoms with E-state index in [0.717, 1.165) is 5.76 Å². The summed E-state index contributed by atoms with van der Waals surface area (Å²) in [7, 11) is 0. The fraction of sp³-hybridized carbons (Fsp3) is 0.143. The third kappa shape index (κ3) is 4.32. The summed E-state index contributed by atoms with van der Waals surface area (Å²) in [4.78, 5) is 0. The van der Waals surface area contributed by atoms with Crippen LogP contribution < -0.4 is 0 Å². The fourth-order valence-electron chi connectivity index (χ4n) is 1.13. The van der Waals surface area contributed by atoms with Crippen molar-refractivity contribution in [2.75, 3.05) is 0 Å². The van der Waals surface area contributed by atoms with Gasteiger partial charge in [0, 0.05) is 0 Å². The second-order valence-electron chi connectivity index (χ2n) is 3.06. The van der Waals surface area contributed by atoms with Gasteiger partial charge in [0.25, 0.3) is 0 Å². The molecule has 0 aromatic heterocycles. The van der Waals surface area contributed by atoms with Crippen LogP contribution in [-0.4, -0.2) is 0 Å². The van der Waals surface area contributed by atoms with Crippen molar-refractivity contribution in [2.45, 2.75) is 13.5 Å². The van der Waals surface area contributed by atoms with Gasteiger partial charge in [0.05, 0.1) is 0 Å². The molecule has 0 saturated heterocycles. The van der Waals surface area contributed by atoms with E-state index in [1.165, 1.54) is 5.56 Å². The van der Waals surface area contributed by atoms with E-state index in [1.807, 2.05) is 55.5 Å². The zero-order valence-corrected chi connectivity index (χ0v) is 9.02. The average molecular weight is 200 g/mol. The topological polar surface area (TPSA) is 9.23 Å². The Morgan fingerprint density at radius 2 is 2.07 bits per heavy atom. The number of hydrogen-bond donors (Lipinski definition) is 0. The quantitative estimate of drug-likeness (QED) is 0.518. The van der Waals surface area contributed by atoms with Crippen LogP contribution in [0.3, 0.4) is 0 Å². The number of benzene rings is 1. The lowest BCUT2D eigenvalue weighted by atomic mass is 10.2. The van der Waals surface area contributed by atoms with Crippen LogP contribution in [0.5, 0.6) is 0 Å². The molecule has 0 aliphatic rings. The average Bonchev–Trinajstić information content (AvgIpc) is 2.31. The predicted octanol–water partition coefficient (Wildman–Crippen LogP) is 3.85. The lowest BCUT2D eigenvalue weighted by Crippen LogP contribution is -1.90. The summed E-state index contributed by atoms with van der Waals surface area (Å²) >= 11 is 0. The molecule has 0 aliphatic carbocycles. The van der Waals surface area contributed by atoms with E-state index < -0.39 is 0 Å². The molecule has 0 unspecified atom stereocenters. The van der Waals surface area contributed by atoms with Crippen molar-refractivity contribution >= 4 is 0 Å². The molecule has 0 fully saturated rings. The number of ether oxygens (including phenoxy) is 1. The summed E-state index contributed by atoms with van der Waals surface area (Å²) in [5, 5.41) is 0. The molecule has 0 heterocycles. The Morgan fingerprint density at radius 3 is 2.67 bits per heavy atom. The Labute approximate surface area is 91.4 Å². The van der Waals surface area contributed by atoms with Crippen molar-refractivity contribution in [3.63, 3.8) is 0 Å². The van der Waals surface area contributed by atoms with Crippen molar-refractivity contribution in [3.05, 3.63) is 72.5 Å². The molecule has 1 aromatic rings. The van der Waals surface area contributed by atoms with Crippen LogP contribution >= 0.6 is 0 Å². The summed E-state index contributed by atoms with van der Waals surface area (Å²) in [6.07, 6.45) is 7.43. The molecule has 1 aromatic carbocycles. The SMILES string of the molecule is C=C/C=C\C(=C\C)OCc1ccccc1. The molecule has 1 heteroatoms. The van der Waals surface area contributed by atoms with Crippen LogP contribution in [-0.2, 0) is 11.3 Å². The van der Waals surface area contributed by atoms with Gasteiger partial charge in [-0.15, -0.1) is 0 Å². The molecule has 1 nitrogen and oxygen atoms in total. The first kappa shape index (κ1) is 11.3. The van der Waals surface area contributed by atoms with E-state index in [4.69, 9.17) is 4.74 Å². The molecule has 0 radical (unpaired) electrons. The van der Waals surface area contributed by atoms with E-state index >= 15 is 0 Å². The minimum absolute atomic E-state index is 0.599. The summed E-state index contributed by atoms with van der Waals surface area (Å²) in [5.74, 6) is 0.860. The molecule has 0 atom stereocenters. The minimum atomic E-state index is 0.599. The van der Waals surface area contributed by atoms with Crippen LogP contribution in [0.25, 0.3) is 0 Å². The smallest absolute Gasteiger partial charge is 0.115 e. The van der Waals surface area contributed by atoms with Gasteiger partial charge in [-0.25, -0.2) is 0 Å². The summed E-state index contributed by atoms with van der Waals surface area (Å²) in [5.41, 5.74) is 1.17. The van der Waals surface area contributed by atoms with Crippen LogP contribution in [0, 0.1) is 0 Å². The van der Waals surface area contributed by atoms with Crippen molar-refractivity contribution in [2.24, 2.45) is 0 Å². The van der Waals surface area contributed by atoms with E-state index in [1.54, 1.807) is 6.08 Å². The van der Waals surface area contributed by atoms with Crippen molar-refractivity contribution in [1.29, 1.82) is 0 Å². The maximum absolute atomic E-state index is 5.61. The third-order valence-electron chi connectivity index (χ3n) is 1.93. The molecule has 0 bridgehead atoms. The van der Waals surface area contributed by atoms with Crippen LogP contribution in [0.4, 0.5) is 0 Å². The van der Waals surface area contributed by atoms with Crippen molar-refractivity contribution in [3.8, 4) is 0 Å². The van der Waals surface area contributed by atoms with Gasteiger partial charge in [-0.3, -0.25) is 0 Å². The van der Waals surface area contributed by atoms with E-state index in [9.17, 15) is 0 Å². The molecular formula is C14H16O. The van der Waals surface area contributed by atoms with Gasteiger partial charge in [-0.05, 0) is 24.6 Å². The van der Waals surface area contributed by atoms with Crippen molar-refractivity contribution in [1.82, 2.24) is 0 Å². The minimum Gasteiger partial charge on any atom is -0.489 e. The first-order valence-electron chi connectivity index (χ1n) is 4.99. The summed E-state index contributed by atoms with van der Waals surface area (Å²) in [6.45, 7) is 6.17. The summed E-state index contributed by atoms with van der Waals surface area (Å²) in [6, 6.07) is 10.1. The lowest BCUT2D eigenvalue weighted by molar-refractivity contribution is 0.210. The van der Waals surface area contributed by atoms with Gasteiger partial charge in [0.2, 0.25) is 0 Å². The fourth-order valence-corrected chi connectivity index (χ4v) is 1.13. The van der Waals surface area contributed by atoms with Crippen LogP contribution in [0.2, 0.25) is 0 Å². The second kappa shape index (κ2) is 6.66. The van der Waals surface area contributed by atoms with Gasteiger partial charge >= 0.3 is 0 Å². The zero-order valence-electron chi connectivity index (χ0n) is 9.02. The Bertz CT molecular complexity index is 347. The molecule has 0 N–H and O–H groups in total. The Kier molecular flexibility index (Phi) is 5.02. The lowest BCUT2D eigenvalue weighted by Gasteiger charge is -2.06. The Morgan fingerprint density at radius 1 is 1.33 bits per heavy atom. The largest absolute Gasteiger partial charge is 0.489 e. The highest BCUT2D eigenvalue weighted by atomic mass is 16.5. The molecule has 0 saturated carbocycles. The van der Waals surface area contributed by atoms with Gasteiger partial charge in [-0.2, -0.15) is 0 Å². The van der Waals surface area contributed by atoms with Crippen molar-refractivity contribution < 1.29 is 4.74 Å². The number of rotatable bonds is 5. The summed E-state index contributed by atoms with van der Waals surface area (Å²) < 4.78 is 5.61. The normalized spacial score (nSPS) is 11.7.